The van der Waals surface area contributed by atoms with Gasteiger partial charge in [-0.3, -0.25) is 4.79 Å². The fourth-order valence-electron chi connectivity index (χ4n) is 2.74. The maximum absolute atomic E-state index is 12.0. The minimum absolute atomic E-state index is 0.0386. The van der Waals surface area contributed by atoms with Crippen LogP contribution in [0, 0.1) is 0 Å². The van der Waals surface area contributed by atoms with Crippen LogP contribution in [-0.4, -0.2) is 38.3 Å². The Morgan fingerprint density at radius 1 is 1.40 bits per heavy atom. The molecular formula is C15H21N3O2. The van der Waals surface area contributed by atoms with E-state index in [2.05, 4.69) is 22.0 Å². The lowest BCUT2D eigenvalue weighted by Crippen LogP contribution is -2.43. The maximum atomic E-state index is 12.0. The molecule has 5 heteroatoms. The van der Waals surface area contributed by atoms with Gasteiger partial charge in [0.25, 0.3) is 0 Å². The molecule has 108 valence electrons. The minimum Gasteiger partial charge on any atom is -0.385 e. The van der Waals surface area contributed by atoms with Crippen LogP contribution in [0.5, 0.6) is 0 Å². The highest BCUT2D eigenvalue weighted by Crippen LogP contribution is 2.25. The number of rotatable bonds is 3. The summed E-state index contributed by atoms with van der Waals surface area (Å²) in [6.07, 6.45) is 2.67. The zero-order valence-electron chi connectivity index (χ0n) is 11.6. The molecule has 20 heavy (non-hydrogen) atoms. The van der Waals surface area contributed by atoms with Crippen LogP contribution < -0.4 is 16.0 Å². The van der Waals surface area contributed by atoms with E-state index >= 15 is 0 Å². The smallest absolute Gasteiger partial charge is 0.226 e. The number of carbonyl (C=O) groups is 1. The number of hydrogen-bond acceptors (Lipinski definition) is 4. The van der Waals surface area contributed by atoms with Crippen molar-refractivity contribution < 1.29 is 9.53 Å². The highest BCUT2D eigenvalue weighted by Gasteiger charge is 2.17. The average Bonchev–Trinajstić information content (AvgIpc) is 2.48. The number of fused-ring (bicyclic) bond motifs is 1. The van der Waals surface area contributed by atoms with Crippen molar-refractivity contribution in [3.05, 3.63) is 23.8 Å². The van der Waals surface area contributed by atoms with Gasteiger partial charge in [-0.15, -0.1) is 0 Å². The Bertz CT molecular complexity index is 484. The molecule has 2 aliphatic rings. The molecule has 0 saturated carbocycles. The molecule has 2 heterocycles. The van der Waals surface area contributed by atoms with E-state index in [0.29, 0.717) is 13.0 Å². The van der Waals surface area contributed by atoms with Crippen LogP contribution in [-0.2, 0) is 16.0 Å². The summed E-state index contributed by atoms with van der Waals surface area (Å²) < 4.78 is 5.36. The summed E-state index contributed by atoms with van der Waals surface area (Å²) >= 11 is 0. The van der Waals surface area contributed by atoms with Gasteiger partial charge in [0.15, 0.2) is 0 Å². The first-order valence-electron chi connectivity index (χ1n) is 7.29. The molecule has 1 aromatic rings. The molecule has 1 aromatic carbocycles. The zero-order chi connectivity index (χ0) is 13.8. The molecular weight excluding hydrogens is 254 g/mol. The van der Waals surface area contributed by atoms with Crippen molar-refractivity contribution in [2.24, 2.45) is 0 Å². The first-order chi connectivity index (χ1) is 9.81. The average molecular weight is 275 g/mol. The maximum Gasteiger partial charge on any atom is 0.226 e. The normalized spacial score (nSPS) is 21.7. The number of nitrogens with one attached hydrogen (secondary N) is 3. The Morgan fingerprint density at radius 3 is 3.20 bits per heavy atom. The topological polar surface area (TPSA) is 62.4 Å². The molecule has 0 radical (unpaired) electrons. The number of benzene rings is 1. The predicted molar refractivity (Wildman–Crippen MR) is 79.1 cm³/mol. The third kappa shape index (κ3) is 3.29. The molecule has 2 aliphatic heterocycles. The zero-order valence-corrected chi connectivity index (χ0v) is 11.6. The summed E-state index contributed by atoms with van der Waals surface area (Å²) in [5.41, 5.74) is 3.36. The predicted octanol–water partition coefficient (Wildman–Crippen LogP) is 1.36. The first-order valence-corrected chi connectivity index (χ1v) is 7.29. The second-order valence-corrected chi connectivity index (χ2v) is 5.38. The van der Waals surface area contributed by atoms with E-state index in [4.69, 9.17) is 4.74 Å². The van der Waals surface area contributed by atoms with Crippen molar-refractivity contribution in [2.45, 2.75) is 25.3 Å². The first kappa shape index (κ1) is 13.4. The van der Waals surface area contributed by atoms with Gasteiger partial charge in [0.1, 0.15) is 0 Å². The van der Waals surface area contributed by atoms with Crippen LogP contribution in [0.2, 0.25) is 0 Å². The second kappa shape index (κ2) is 6.24. The van der Waals surface area contributed by atoms with Gasteiger partial charge in [-0.25, -0.2) is 0 Å². The van der Waals surface area contributed by atoms with Crippen molar-refractivity contribution in [3.63, 3.8) is 0 Å². The van der Waals surface area contributed by atoms with Gasteiger partial charge < -0.3 is 20.7 Å². The van der Waals surface area contributed by atoms with Gasteiger partial charge in [-0.1, -0.05) is 0 Å². The Labute approximate surface area is 119 Å². The van der Waals surface area contributed by atoms with Crippen LogP contribution in [0.15, 0.2) is 18.2 Å². The SMILES string of the molecule is O=C(CC1COCCN1)Nc1ccc2c(c1)CCCN2. The van der Waals surface area contributed by atoms with Crippen molar-refractivity contribution in [2.75, 3.05) is 36.9 Å². The summed E-state index contributed by atoms with van der Waals surface area (Å²) in [6, 6.07) is 6.21. The molecule has 0 bridgehead atoms. The number of hydrogen-bond donors (Lipinski definition) is 3. The molecule has 1 unspecified atom stereocenters. The highest BCUT2D eigenvalue weighted by atomic mass is 16.5. The number of anilines is 2. The van der Waals surface area contributed by atoms with Crippen LogP contribution in [0.4, 0.5) is 11.4 Å². The lowest BCUT2D eigenvalue weighted by atomic mass is 10.0. The van der Waals surface area contributed by atoms with Gasteiger partial charge in [0.2, 0.25) is 5.91 Å². The van der Waals surface area contributed by atoms with Gasteiger partial charge in [0.05, 0.1) is 13.2 Å². The van der Waals surface area contributed by atoms with Crippen LogP contribution in [0.1, 0.15) is 18.4 Å². The van der Waals surface area contributed by atoms with E-state index in [1.807, 2.05) is 12.1 Å². The molecule has 0 spiro atoms. The fraction of sp³-hybridized carbons (Fsp3) is 0.533. The molecule has 1 amide bonds. The third-order valence-corrected chi connectivity index (χ3v) is 3.76. The lowest BCUT2D eigenvalue weighted by Gasteiger charge is -2.23. The van der Waals surface area contributed by atoms with Gasteiger partial charge in [0, 0.05) is 36.9 Å². The van der Waals surface area contributed by atoms with Gasteiger partial charge >= 0.3 is 0 Å². The fourth-order valence-corrected chi connectivity index (χ4v) is 2.74. The number of amides is 1. The molecule has 1 atom stereocenters. The summed E-state index contributed by atoms with van der Waals surface area (Å²) in [5.74, 6) is 0.0386. The highest BCUT2D eigenvalue weighted by molar-refractivity contribution is 5.91. The van der Waals surface area contributed by atoms with Crippen LogP contribution in [0.25, 0.3) is 0 Å². The number of carbonyl (C=O) groups excluding carboxylic acids is 1. The standard InChI is InChI=1S/C15H21N3O2/c19-15(9-13-10-20-7-6-16-13)18-12-3-4-14-11(8-12)2-1-5-17-14/h3-4,8,13,16-17H,1-2,5-7,9-10H2,(H,18,19). The lowest BCUT2D eigenvalue weighted by molar-refractivity contribution is -0.117. The van der Waals surface area contributed by atoms with Crippen molar-refractivity contribution in [1.29, 1.82) is 0 Å². The van der Waals surface area contributed by atoms with Crippen molar-refractivity contribution in [3.8, 4) is 0 Å². The Hall–Kier alpha value is -1.59. The Balaban J connectivity index is 1.58. The summed E-state index contributed by atoms with van der Waals surface area (Å²) in [7, 11) is 0. The summed E-state index contributed by atoms with van der Waals surface area (Å²) in [5, 5.41) is 9.64. The molecule has 0 aromatic heterocycles. The molecule has 1 fully saturated rings. The minimum atomic E-state index is 0.0386. The quantitative estimate of drug-likeness (QED) is 0.779. The van der Waals surface area contributed by atoms with E-state index in [1.54, 1.807) is 0 Å². The van der Waals surface area contributed by atoms with Crippen LogP contribution in [0.3, 0.4) is 0 Å². The van der Waals surface area contributed by atoms with Gasteiger partial charge in [-0.05, 0) is 36.6 Å². The van der Waals surface area contributed by atoms with Gasteiger partial charge in [-0.2, -0.15) is 0 Å². The van der Waals surface area contributed by atoms with E-state index in [9.17, 15) is 4.79 Å². The third-order valence-electron chi connectivity index (χ3n) is 3.76. The van der Waals surface area contributed by atoms with Crippen molar-refractivity contribution in [1.82, 2.24) is 5.32 Å². The number of ether oxygens (including phenoxy) is 1. The second-order valence-electron chi connectivity index (χ2n) is 5.38. The van der Waals surface area contributed by atoms with Crippen molar-refractivity contribution >= 4 is 17.3 Å². The molecule has 3 rings (SSSR count). The van der Waals surface area contributed by atoms with E-state index in [-0.39, 0.29) is 11.9 Å². The number of morpholine rings is 1. The monoisotopic (exact) mass is 275 g/mol. The summed E-state index contributed by atoms with van der Waals surface area (Å²) in [6.45, 7) is 3.20. The summed E-state index contributed by atoms with van der Waals surface area (Å²) in [4.78, 5) is 12.0. The molecule has 1 saturated heterocycles. The van der Waals surface area contributed by atoms with E-state index < -0.39 is 0 Å². The number of aryl methyl sites for hydroxylation is 1. The molecule has 3 N–H and O–H groups in total. The van der Waals surface area contributed by atoms with Crippen LogP contribution >= 0.6 is 0 Å². The molecule has 5 nitrogen and oxygen atoms in total. The van der Waals surface area contributed by atoms with E-state index in [0.717, 1.165) is 38.2 Å². The van der Waals surface area contributed by atoms with E-state index in [1.165, 1.54) is 11.3 Å². The Kier molecular flexibility index (Phi) is 4.18. The Morgan fingerprint density at radius 2 is 2.35 bits per heavy atom. The largest absolute Gasteiger partial charge is 0.385 e. The molecule has 0 aliphatic carbocycles.